The second-order valence-electron chi connectivity index (χ2n) is 1.82. The highest BCUT2D eigenvalue weighted by Crippen LogP contribution is 1.92. The molecule has 2 nitrogen and oxygen atoms in total. The monoisotopic (exact) mass is 138 g/mol. The van der Waals surface area contributed by atoms with E-state index in [0.29, 0.717) is 11.9 Å². The highest BCUT2D eigenvalue weighted by molar-refractivity contribution is 5.72. The van der Waals surface area contributed by atoms with Gasteiger partial charge in [0, 0.05) is 0 Å². The van der Waals surface area contributed by atoms with Crippen molar-refractivity contribution in [1.82, 2.24) is 0 Å². The van der Waals surface area contributed by atoms with Crippen LogP contribution in [0.5, 0.6) is 0 Å². The fourth-order valence-corrected chi connectivity index (χ4v) is 0.324. The molecule has 54 valence electrons. The molecule has 10 heavy (non-hydrogen) atoms. The van der Waals surface area contributed by atoms with E-state index in [0.717, 1.165) is 0 Å². The molecule has 0 heterocycles. The molecule has 0 aromatic carbocycles. The Morgan fingerprint density at radius 3 is 2.50 bits per heavy atom. The standard InChI is InChI=1S/C8H10O2/c1-3-8(10)5-4-7(2)6-9/h3-6,10H,1H2,2H3/b7-4+,8-5+. The van der Waals surface area contributed by atoms with E-state index in [1.807, 2.05) is 0 Å². The van der Waals surface area contributed by atoms with Gasteiger partial charge in [-0.1, -0.05) is 12.7 Å². The molecule has 0 amide bonds. The lowest BCUT2D eigenvalue weighted by Crippen LogP contribution is -1.75. The molecule has 0 saturated heterocycles. The number of carbonyl (C=O) groups excluding carboxylic acids is 1. The van der Waals surface area contributed by atoms with Gasteiger partial charge in [-0.05, 0) is 24.6 Å². The number of aliphatic hydroxyl groups excluding tert-OH is 1. The molecule has 0 unspecified atom stereocenters. The zero-order chi connectivity index (χ0) is 7.98. The van der Waals surface area contributed by atoms with E-state index in [4.69, 9.17) is 5.11 Å². The highest BCUT2D eigenvalue weighted by atomic mass is 16.3. The van der Waals surface area contributed by atoms with Crippen LogP contribution in [0.25, 0.3) is 0 Å². The van der Waals surface area contributed by atoms with Gasteiger partial charge in [0.1, 0.15) is 12.0 Å². The van der Waals surface area contributed by atoms with Crippen molar-refractivity contribution < 1.29 is 9.90 Å². The molecule has 0 aromatic heterocycles. The van der Waals surface area contributed by atoms with Crippen molar-refractivity contribution in [2.24, 2.45) is 0 Å². The minimum atomic E-state index is 0.0567. The number of allylic oxidation sites excluding steroid dienone is 4. The van der Waals surface area contributed by atoms with Crippen LogP contribution in [0, 0.1) is 0 Å². The first kappa shape index (κ1) is 8.69. The van der Waals surface area contributed by atoms with Crippen molar-refractivity contribution in [3.05, 3.63) is 36.1 Å². The number of hydrogen-bond acceptors (Lipinski definition) is 2. The Kier molecular flexibility index (Phi) is 3.96. The average molecular weight is 138 g/mol. The van der Waals surface area contributed by atoms with Crippen LogP contribution in [0.4, 0.5) is 0 Å². The summed E-state index contributed by atoms with van der Waals surface area (Å²) in [7, 11) is 0. The van der Waals surface area contributed by atoms with Crippen molar-refractivity contribution in [3.8, 4) is 0 Å². The highest BCUT2D eigenvalue weighted by Gasteiger charge is 1.81. The third kappa shape index (κ3) is 3.66. The Morgan fingerprint density at radius 1 is 1.50 bits per heavy atom. The lowest BCUT2D eigenvalue weighted by molar-refractivity contribution is -0.104. The predicted octanol–water partition coefficient (Wildman–Crippen LogP) is 1.76. The molecule has 0 saturated carbocycles. The molecule has 0 fully saturated rings. The number of aliphatic hydroxyl groups is 1. The summed E-state index contributed by atoms with van der Waals surface area (Å²) in [6.45, 7) is 4.98. The Morgan fingerprint density at radius 2 is 2.10 bits per heavy atom. The summed E-state index contributed by atoms with van der Waals surface area (Å²) in [5.74, 6) is 0.0567. The smallest absolute Gasteiger partial charge is 0.145 e. The quantitative estimate of drug-likeness (QED) is 0.279. The van der Waals surface area contributed by atoms with Crippen LogP contribution in [-0.4, -0.2) is 11.4 Å². The summed E-state index contributed by atoms with van der Waals surface area (Å²) in [6, 6.07) is 0. The number of hydrogen-bond donors (Lipinski definition) is 1. The minimum absolute atomic E-state index is 0.0567. The average Bonchev–Trinajstić information content (AvgIpc) is 1.99. The van der Waals surface area contributed by atoms with Crippen molar-refractivity contribution in [2.75, 3.05) is 0 Å². The molecule has 0 rings (SSSR count). The van der Waals surface area contributed by atoms with Gasteiger partial charge in [-0.2, -0.15) is 0 Å². The number of rotatable bonds is 3. The zero-order valence-electron chi connectivity index (χ0n) is 5.87. The maximum Gasteiger partial charge on any atom is 0.145 e. The van der Waals surface area contributed by atoms with Gasteiger partial charge in [0.15, 0.2) is 0 Å². The van der Waals surface area contributed by atoms with Crippen LogP contribution in [0.1, 0.15) is 6.92 Å². The van der Waals surface area contributed by atoms with Crippen LogP contribution in [0.15, 0.2) is 36.1 Å². The zero-order valence-corrected chi connectivity index (χ0v) is 5.87. The van der Waals surface area contributed by atoms with Crippen LogP contribution in [0.2, 0.25) is 0 Å². The molecule has 0 aliphatic carbocycles. The van der Waals surface area contributed by atoms with Crippen LogP contribution >= 0.6 is 0 Å². The van der Waals surface area contributed by atoms with E-state index < -0.39 is 0 Å². The number of aldehydes is 1. The van der Waals surface area contributed by atoms with Gasteiger partial charge in [-0.25, -0.2) is 0 Å². The van der Waals surface area contributed by atoms with Gasteiger partial charge < -0.3 is 5.11 Å². The SMILES string of the molecule is C=C/C(O)=C\C=C(/C)C=O. The minimum Gasteiger partial charge on any atom is -0.508 e. The second kappa shape index (κ2) is 4.56. The molecular weight excluding hydrogens is 128 g/mol. The first-order chi connectivity index (χ1) is 4.70. The molecule has 0 spiro atoms. The summed E-state index contributed by atoms with van der Waals surface area (Å²) < 4.78 is 0. The summed E-state index contributed by atoms with van der Waals surface area (Å²) in [6.07, 6.45) is 4.95. The second-order valence-corrected chi connectivity index (χ2v) is 1.82. The Bertz CT molecular complexity index is 165. The van der Waals surface area contributed by atoms with Gasteiger partial charge in [0.25, 0.3) is 0 Å². The van der Waals surface area contributed by atoms with E-state index in [9.17, 15) is 4.79 Å². The van der Waals surface area contributed by atoms with Crippen LogP contribution in [0.3, 0.4) is 0 Å². The van der Waals surface area contributed by atoms with Crippen molar-refractivity contribution in [1.29, 1.82) is 0 Å². The maximum atomic E-state index is 10.0. The lowest BCUT2D eigenvalue weighted by atomic mass is 10.3. The Hall–Kier alpha value is -1.31. The fraction of sp³-hybridized carbons (Fsp3) is 0.125. The first-order valence-corrected chi connectivity index (χ1v) is 2.86. The fourth-order valence-electron chi connectivity index (χ4n) is 0.324. The van der Waals surface area contributed by atoms with Crippen LogP contribution < -0.4 is 0 Å². The third-order valence-electron chi connectivity index (χ3n) is 0.912. The van der Waals surface area contributed by atoms with E-state index >= 15 is 0 Å². The first-order valence-electron chi connectivity index (χ1n) is 2.86. The van der Waals surface area contributed by atoms with Crippen molar-refractivity contribution >= 4 is 6.29 Å². The van der Waals surface area contributed by atoms with E-state index in [1.54, 1.807) is 6.92 Å². The molecule has 0 aromatic rings. The lowest BCUT2D eigenvalue weighted by Gasteiger charge is -1.85. The molecule has 0 atom stereocenters. The van der Waals surface area contributed by atoms with E-state index in [1.165, 1.54) is 18.2 Å². The molecule has 2 heteroatoms. The van der Waals surface area contributed by atoms with Gasteiger partial charge in [0.05, 0.1) is 0 Å². The van der Waals surface area contributed by atoms with Crippen molar-refractivity contribution in [3.63, 3.8) is 0 Å². The summed E-state index contributed by atoms with van der Waals surface area (Å²) >= 11 is 0. The van der Waals surface area contributed by atoms with Crippen molar-refractivity contribution in [2.45, 2.75) is 6.92 Å². The van der Waals surface area contributed by atoms with Gasteiger partial charge >= 0.3 is 0 Å². The molecule has 0 radical (unpaired) electrons. The molecule has 0 bridgehead atoms. The van der Waals surface area contributed by atoms with Crippen LogP contribution in [-0.2, 0) is 4.79 Å². The maximum absolute atomic E-state index is 10.0. The summed E-state index contributed by atoms with van der Waals surface area (Å²) in [5, 5.41) is 8.78. The predicted molar refractivity (Wildman–Crippen MR) is 40.7 cm³/mol. The Balaban J connectivity index is 4.16. The summed E-state index contributed by atoms with van der Waals surface area (Å²) in [4.78, 5) is 10.0. The van der Waals surface area contributed by atoms with Gasteiger partial charge in [-0.3, -0.25) is 4.79 Å². The largest absolute Gasteiger partial charge is 0.508 e. The molecular formula is C8H10O2. The van der Waals surface area contributed by atoms with E-state index in [-0.39, 0.29) is 5.76 Å². The molecule has 0 aliphatic rings. The Labute approximate surface area is 60.2 Å². The molecule has 1 N–H and O–H groups in total. The topological polar surface area (TPSA) is 37.3 Å². The normalized spacial score (nSPS) is 12.9. The third-order valence-corrected chi connectivity index (χ3v) is 0.912. The summed E-state index contributed by atoms with van der Waals surface area (Å²) in [5.41, 5.74) is 0.563. The van der Waals surface area contributed by atoms with E-state index in [2.05, 4.69) is 6.58 Å². The molecule has 0 aliphatic heterocycles. The van der Waals surface area contributed by atoms with Gasteiger partial charge in [-0.15, -0.1) is 0 Å². The van der Waals surface area contributed by atoms with Gasteiger partial charge in [0.2, 0.25) is 0 Å². The number of carbonyl (C=O) groups is 1.